The largest absolute Gasteiger partial charge is 0.465 e. The number of carbonyl (C=O) groups is 1. The molecule has 0 fully saturated rings. The minimum absolute atomic E-state index is 0.0243. The molecular formula is C12H22N2O2. The molecule has 4 nitrogen and oxygen atoms in total. The van der Waals surface area contributed by atoms with E-state index in [9.17, 15) is 4.79 Å². The minimum Gasteiger partial charge on any atom is -0.465 e. The summed E-state index contributed by atoms with van der Waals surface area (Å²) >= 11 is 0. The predicted octanol–water partition coefficient (Wildman–Crippen LogP) is 1.86. The van der Waals surface area contributed by atoms with Crippen molar-refractivity contribution in [2.24, 2.45) is 5.41 Å². The molecule has 0 radical (unpaired) electrons. The summed E-state index contributed by atoms with van der Waals surface area (Å²) < 4.78 is 4.90. The fourth-order valence-corrected chi connectivity index (χ4v) is 1.26. The predicted molar refractivity (Wildman–Crippen MR) is 62.7 cm³/mol. The first-order chi connectivity index (χ1) is 7.43. The van der Waals surface area contributed by atoms with Crippen molar-refractivity contribution in [3.8, 4) is 6.07 Å². The molecule has 0 aromatic rings. The molecule has 0 aromatic heterocycles. The van der Waals surface area contributed by atoms with Crippen molar-refractivity contribution in [1.82, 2.24) is 5.32 Å². The van der Waals surface area contributed by atoms with Crippen LogP contribution in [-0.2, 0) is 9.53 Å². The maximum atomic E-state index is 11.3. The molecule has 4 heteroatoms. The van der Waals surface area contributed by atoms with Gasteiger partial charge >= 0.3 is 5.97 Å². The number of nitriles is 1. The molecule has 0 aliphatic carbocycles. The first kappa shape index (κ1) is 14.9. The van der Waals surface area contributed by atoms with Crippen molar-refractivity contribution in [3.63, 3.8) is 0 Å². The topological polar surface area (TPSA) is 62.1 Å². The normalized spacial score (nSPS) is 12.9. The molecule has 0 saturated carbocycles. The van der Waals surface area contributed by atoms with E-state index >= 15 is 0 Å². The quantitative estimate of drug-likeness (QED) is 0.673. The van der Waals surface area contributed by atoms with Gasteiger partial charge in [0, 0.05) is 13.0 Å². The molecule has 0 aliphatic rings. The zero-order valence-electron chi connectivity index (χ0n) is 10.7. The van der Waals surface area contributed by atoms with E-state index in [2.05, 4.69) is 25.2 Å². The van der Waals surface area contributed by atoms with Crippen molar-refractivity contribution in [1.29, 1.82) is 5.26 Å². The van der Waals surface area contributed by atoms with Gasteiger partial charge in [0.1, 0.15) is 6.04 Å². The molecular weight excluding hydrogens is 204 g/mol. The Morgan fingerprint density at radius 1 is 1.56 bits per heavy atom. The van der Waals surface area contributed by atoms with Gasteiger partial charge in [-0.2, -0.15) is 5.26 Å². The zero-order chi connectivity index (χ0) is 12.6. The van der Waals surface area contributed by atoms with Crippen LogP contribution in [0.2, 0.25) is 0 Å². The zero-order valence-corrected chi connectivity index (χ0v) is 10.7. The van der Waals surface area contributed by atoms with Crippen molar-refractivity contribution < 1.29 is 9.53 Å². The van der Waals surface area contributed by atoms with Gasteiger partial charge in [0.05, 0.1) is 12.7 Å². The van der Waals surface area contributed by atoms with Gasteiger partial charge in [0.25, 0.3) is 0 Å². The van der Waals surface area contributed by atoms with Crippen LogP contribution < -0.4 is 5.32 Å². The van der Waals surface area contributed by atoms with Crippen molar-refractivity contribution in [2.75, 3.05) is 13.2 Å². The van der Waals surface area contributed by atoms with Crippen LogP contribution >= 0.6 is 0 Å². The Morgan fingerprint density at radius 2 is 2.19 bits per heavy atom. The van der Waals surface area contributed by atoms with Crippen LogP contribution in [-0.4, -0.2) is 25.2 Å². The molecule has 0 bridgehead atoms. The number of esters is 1. The van der Waals surface area contributed by atoms with Gasteiger partial charge in [-0.25, -0.2) is 0 Å². The molecule has 0 rings (SSSR count). The highest BCUT2D eigenvalue weighted by atomic mass is 16.5. The summed E-state index contributed by atoms with van der Waals surface area (Å²) in [5.74, 6) is -0.224. The van der Waals surface area contributed by atoms with Gasteiger partial charge in [-0.05, 0) is 25.7 Å². The molecule has 0 amide bonds. The lowest BCUT2D eigenvalue weighted by molar-refractivity contribution is -0.145. The van der Waals surface area contributed by atoms with Crippen molar-refractivity contribution in [2.45, 2.75) is 46.6 Å². The van der Waals surface area contributed by atoms with E-state index in [1.807, 2.05) is 0 Å². The summed E-state index contributed by atoms with van der Waals surface area (Å²) in [6.45, 7) is 8.85. The van der Waals surface area contributed by atoms with Crippen LogP contribution in [0, 0.1) is 16.7 Å². The molecule has 0 saturated heterocycles. The average molecular weight is 226 g/mol. The molecule has 1 N–H and O–H groups in total. The maximum Gasteiger partial charge on any atom is 0.322 e. The van der Waals surface area contributed by atoms with Crippen molar-refractivity contribution >= 4 is 5.97 Å². The van der Waals surface area contributed by atoms with E-state index in [0.29, 0.717) is 19.6 Å². The molecule has 1 unspecified atom stereocenters. The Labute approximate surface area is 98.0 Å². The van der Waals surface area contributed by atoms with Crippen LogP contribution in [0.5, 0.6) is 0 Å². The van der Waals surface area contributed by atoms with E-state index < -0.39 is 0 Å². The van der Waals surface area contributed by atoms with E-state index in [1.165, 1.54) is 0 Å². The third-order valence-electron chi connectivity index (χ3n) is 2.44. The highest BCUT2D eigenvalue weighted by molar-refractivity contribution is 5.75. The monoisotopic (exact) mass is 226 g/mol. The Morgan fingerprint density at radius 3 is 2.69 bits per heavy atom. The third kappa shape index (κ3) is 6.41. The van der Waals surface area contributed by atoms with E-state index in [-0.39, 0.29) is 17.4 Å². The summed E-state index contributed by atoms with van der Waals surface area (Å²) in [4.78, 5) is 11.3. The second-order valence-corrected chi connectivity index (χ2v) is 4.68. The first-order valence-electron chi connectivity index (χ1n) is 5.70. The SMILES string of the molecule is CCOC(=O)C(C)NCC(C)(C)CCC#N. The molecule has 92 valence electrons. The standard InChI is InChI=1S/C12H22N2O2/c1-5-16-11(15)10(2)14-9-12(3,4)7-6-8-13/h10,14H,5-7,9H2,1-4H3. The Bertz CT molecular complexity index is 256. The number of ether oxygens (including phenoxy) is 1. The lowest BCUT2D eigenvalue weighted by Gasteiger charge is -2.25. The molecule has 0 aromatic carbocycles. The van der Waals surface area contributed by atoms with Crippen molar-refractivity contribution in [3.05, 3.63) is 0 Å². The summed E-state index contributed by atoms with van der Waals surface area (Å²) in [5.41, 5.74) is 0.0243. The fourth-order valence-electron chi connectivity index (χ4n) is 1.26. The third-order valence-corrected chi connectivity index (χ3v) is 2.44. The van der Waals surface area contributed by atoms with Crippen LogP contribution in [0.1, 0.15) is 40.5 Å². The number of nitrogens with zero attached hydrogens (tertiary/aromatic N) is 1. The molecule has 0 heterocycles. The number of rotatable bonds is 7. The molecule has 1 atom stereocenters. The molecule has 0 aliphatic heterocycles. The van der Waals surface area contributed by atoms with Crippen LogP contribution in [0.15, 0.2) is 0 Å². The number of carbonyl (C=O) groups excluding carboxylic acids is 1. The van der Waals surface area contributed by atoms with Crippen LogP contribution in [0.4, 0.5) is 0 Å². The van der Waals surface area contributed by atoms with Gasteiger partial charge in [-0.15, -0.1) is 0 Å². The first-order valence-corrected chi connectivity index (χ1v) is 5.70. The summed E-state index contributed by atoms with van der Waals surface area (Å²) in [6.07, 6.45) is 1.37. The highest BCUT2D eigenvalue weighted by Gasteiger charge is 2.20. The molecule has 16 heavy (non-hydrogen) atoms. The summed E-state index contributed by atoms with van der Waals surface area (Å²) in [6, 6.07) is 1.84. The van der Waals surface area contributed by atoms with Gasteiger partial charge in [0.15, 0.2) is 0 Å². The lowest BCUT2D eigenvalue weighted by atomic mass is 9.88. The Balaban J connectivity index is 3.94. The van der Waals surface area contributed by atoms with Gasteiger partial charge in [-0.3, -0.25) is 4.79 Å². The Kier molecular flexibility index (Phi) is 6.75. The van der Waals surface area contributed by atoms with E-state index in [1.54, 1.807) is 13.8 Å². The Hall–Kier alpha value is -1.08. The second-order valence-electron chi connectivity index (χ2n) is 4.68. The van der Waals surface area contributed by atoms with E-state index in [0.717, 1.165) is 6.42 Å². The maximum absolute atomic E-state index is 11.3. The highest BCUT2D eigenvalue weighted by Crippen LogP contribution is 2.20. The second kappa shape index (κ2) is 7.24. The number of hydrogen-bond donors (Lipinski definition) is 1. The minimum atomic E-state index is -0.290. The number of nitrogens with one attached hydrogen (secondary N) is 1. The fraction of sp³-hybridized carbons (Fsp3) is 0.833. The van der Waals surface area contributed by atoms with Crippen LogP contribution in [0.3, 0.4) is 0 Å². The number of hydrogen-bond acceptors (Lipinski definition) is 4. The van der Waals surface area contributed by atoms with Crippen LogP contribution in [0.25, 0.3) is 0 Å². The average Bonchev–Trinajstić information content (AvgIpc) is 2.23. The smallest absolute Gasteiger partial charge is 0.322 e. The molecule has 0 spiro atoms. The lowest BCUT2D eigenvalue weighted by Crippen LogP contribution is -2.40. The van der Waals surface area contributed by atoms with Gasteiger partial charge in [-0.1, -0.05) is 13.8 Å². The van der Waals surface area contributed by atoms with Gasteiger partial charge < -0.3 is 10.1 Å². The van der Waals surface area contributed by atoms with Gasteiger partial charge in [0.2, 0.25) is 0 Å². The van der Waals surface area contributed by atoms with E-state index in [4.69, 9.17) is 10.00 Å². The summed E-state index contributed by atoms with van der Waals surface area (Å²) in [7, 11) is 0. The summed E-state index contributed by atoms with van der Waals surface area (Å²) in [5, 5.41) is 11.7.